The maximum Gasteiger partial charge on any atom is 0.511 e. The molecule has 238 valence electrons. The van der Waals surface area contributed by atoms with Crippen LogP contribution in [0.1, 0.15) is 85.0 Å². The average molecular weight is 631 g/mol. The number of fused-ring (bicyclic) bond motifs is 5. The van der Waals surface area contributed by atoms with E-state index in [1.165, 1.54) is 0 Å². The molecule has 4 rings (SSSR count). The molecule has 0 aromatic rings. The number of alkyl halides is 3. The third-order valence-electron chi connectivity index (χ3n) is 11.6. The van der Waals surface area contributed by atoms with Crippen LogP contribution in [0.3, 0.4) is 0 Å². The number of sulfonamides is 1. The van der Waals surface area contributed by atoms with Gasteiger partial charge < -0.3 is 10.4 Å². The van der Waals surface area contributed by atoms with E-state index in [-0.39, 0.29) is 53.4 Å². The third kappa shape index (κ3) is 6.61. The van der Waals surface area contributed by atoms with Gasteiger partial charge >= 0.3 is 15.5 Å². The highest BCUT2D eigenvalue weighted by atomic mass is 32.2. The molecule has 0 aromatic carbocycles. The van der Waals surface area contributed by atoms with Crippen LogP contribution in [0.25, 0.3) is 0 Å². The Morgan fingerprint density at radius 2 is 1.63 bits per heavy atom. The van der Waals surface area contributed by atoms with Gasteiger partial charge in [-0.1, -0.05) is 20.8 Å². The van der Waals surface area contributed by atoms with Gasteiger partial charge in [-0.15, -0.1) is 0 Å². The Balaban J connectivity index is 1.39. The van der Waals surface area contributed by atoms with Gasteiger partial charge in [-0.2, -0.15) is 21.6 Å². The molecule has 4 fully saturated rings. The Morgan fingerprint density at radius 3 is 2.27 bits per heavy atom. The maximum absolute atomic E-state index is 13.0. The molecule has 0 aliphatic heterocycles. The normalized spacial score (nSPS) is 40.2. The molecule has 41 heavy (non-hydrogen) atoms. The zero-order valence-corrected chi connectivity index (χ0v) is 25.6. The van der Waals surface area contributed by atoms with Crippen LogP contribution < -0.4 is 10.0 Å². The minimum atomic E-state index is -5.42. The number of nitrogens with one attached hydrogen (secondary N) is 2. The largest absolute Gasteiger partial charge is 0.511 e. The summed E-state index contributed by atoms with van der Waals surface area (Å²) in [5, 5.41) is 14.0. The second-order valence-corrected chi connectivity index (χ2v) is 17.0. The van der Waals surface area contributed by atoms with Crippen LogP contribution in [-0.2, 0) is 24.9 Å². The van der Waals surface area contributed by atoms with Crippen molar-refractivity contribution in [3.8, 4) is 0 Å². The lowest BCUT2D eigenvalue weighted by Gasteiger charge is -2.62. The lowest BCUT2D eigenvalue weighted by molar-refractivity contribution is -0.166. The van der Waals surface area contributed by atoms with Crippen molar-refractivity contribution in [3.63, 3.8) is 0 Å². The van der Waals surface area contributed by atoms with E-state index in [0.717, 1.165) is 25.7 Å². The zero-order valence-electron chi connectivity index (χ0n) is 24.0. The molecule has 0 saturated heterocycles. The molecule has 1 amide bonds. The van der Waals surface area contributed by atoms with Crippen LogP contribution in [-0.4, -0.2) is 62.4 Å². The first-order valence-electron chi connectivity index (χ1n) is 14.8. The average Bonchev–Trinajstić information content (AvgIpc) is 3.19. The summed E-state index contributed by atoms with van der Waals surface area (Å²) in [4.78, 5) is 12.2. The van der Waals surface area contributed by atoms with Crippen LogP contribution in [0.4, 0.5) is 13.2 Å². The van der Waals surface area contributed by atoms with Crippen molar-refractivity contribution < 1.29 is 44.5 Å². The van der Waals surface area contributed by atoms with Crippen LogP contribution >= 0.6 is 0 Å². The molecule has 0 heterocycles. The number of aliphatic hydroxyl groups excluding tert-OH is 1. The van der Waals surface area contributed by atoms with E-state index < -0.39 is 43.5 Å². The molecule has 4 aliphatic carbocycles. The van der Waals surface area contributed by atoms with Gasteiger partial charge in [-0.25, -0.2) is 13.1 Å². The summed E-state index contributed by atoms with van der Waals surface area (Å²) in [6.07, 6.45) is 5.86. The van der Waals surface area contributed by atoms with E-state index in [4.69, 9.17) is 4.55 Å². The molecule has 4 saturated carbocycles. The van der Waals surface area contributed by atoms with E-state index in [1.54, 1.807) is 0 Å². The monoisotopic (exact) mass is 630 g/mol. The molecule has 10 atom stereocenters. The zero-order chi connectivity index (χ0) is 30.6. The van der Waals surface area contributed by atoms with Gasteiger partial charge in [0, 0.05) is 19.0 Å². The lowest BCUT2D eigenvalue weighted by atomic mass is 9.43. The predicted octanol–water partition coefficient (Wildman–Crippen LogP) is 3.84. The summed E-state index contributed by atoms with van der Waals surface area (Å²) in [6, 6.07) is -0.792. The molecule has 4 aliphatic rings. The van der Waals surface area contributed by atoms with Crippen molar-refractivity contribution in [2.45, 2.75) is 103 Å². The standard InChI is InChI=1S/C27H45F3N2O7S2/c1-16(4-7-23(34)31-12-13-40(35,36)37)19-5-6-20-24-21(9-11-26(19,20)3)25(2)10-8-18(14-17(25)15-22(24)33)32-41(38,39)27(28,29)30/h16-22,24,32-33H,4-15H2,1-3H3,(H,31,34)(H,35,36,37)/t16-,17?,18-,19-,20+,21+,22+,24+,25+,26-/m1/s1. The number of rotatable bonds is 9. The second kappa shape index (κ2) is 11.5. The number of halogens is 3. The number of hydrogen-bond acceptors (Lipinski definition) is 6. The predicted molar refractivity (Wildman–Crippen MR) is 146 cm³/mol. The molecule has 9 nitrogen and oxygen atoms in total. The first kappa shape index (κ1) is 32.9. The van der Waals surface area contributed by atoms with E-state index >= 15 is 0 Å². The van der Waals surface area contributed by atoms with Gasteiger partial charge in [0.2, 0.25) is 5.91 Å². The Kier molecular flexibility index (Phi) is 9.25. The van der Waals surface area contributed by atoms with Crippen molar-refractivity contribution in [2.75, 3.05) is 12.3 Å². The summed E-state index contributed by atoms with van der Waals surface area (Å²) in [6.45, 7) is 6.50. The Bertz CT molecular complexity index is 1200. The van der Waals surface area contributed by atoms with Crippen LogP contribution in [0.2, 0.25) is 0 Å². The SMILES string of the molecule is C[C@H](CCC(=O)NCCS(=O)(=O)O)[C@H]1CC[C@H]2[C@@H]3[C@@H](O)CC4C[C@H](NS(=O)(=O)C(F)(F)F)CC[C@]4(C)[C@H]3CC[C@]12C. The third-order valence-corrected chi connectivity index (χ3v) is 13.6. The quantitative estimate of drug-likeness (QED) is 0.283. The molecule has 0 spiro atoms. The summed E-state index contributed by atoms with van der Waals surface area (Å²) < 4.78 is 94.8. The first-order chi connectivity index (χ1) is 18.8. The molecule has 4 N–H and O–H groups in total. The van der Waals surface area contributed by atoms with Gasteiger partial charge in [0.1, 0.15) is 0 Å². The summed E-state index contributed by atoms with van der Waals surface area (Å²) in [7, 11) is -9.55. The molecule has 14 heteroatoms. The summed E-state index contributed by atoms with van der Waals surface area (Å²) in [5.74, 6) is 0.375. The summed E-state index contributed by atoms with van der Waals surface area (Å²) in [5.41, 5.74) is -5.53. The number of amides is 1. The number of hydrogen-bond donors (Lipinski definition) is 4. The fourth-order valence-electron chi connectivity index (χ4n) is 9.56. The Morgan fingerprint density at radius 1 is 1.00 bits per heavy atom. The smallest absolute Gasteiger partial charge is 0.393 e. The fourth-order valence-corrected chi connectivity index (χ4v) is 10.7. The van der Waals surface area contributed by atoms with Crippen molar-refractivity contribution in [2.24, 2.45) is 46.3 Å². The topological polar surface area (TPSA) is 150 Å². The fraction of sp³-hybridized carbons (Fsp3) is 0.963. The number of carbonyl (C=O) groups excluding carboxylic acids is 1. The van der Waals surface area contributed by atoms with Gasteiger partial charge in [0.15, 0.2) is 0 Å². The van der Waals surface area contributed by atoms with Crippen molar-refractivity contribution in [1.82, 2.24) is 10.0 Å². The molecular formula is C27H45F3N2O7S2. The Hall–Kier alpha value is -0.960. The summed E-state index contributed by atoms with van der Waals surface area (Å²) >= 11 is 0. The number of carbonyl (C=O) groups is 1. The van der Waals surface area contributed by atoms with E-state index in [0.29, 0.717) is 43.9 Å². The lowest BCUT2D eigenvalue weighted by Crippen LogP contribution is -2.60. The molecule has 0 aromatic heterocycles. The molecular weight excluding hydrogens is 585 g/mol. The van der Waals surface area contributed by atoms with Crippen LogP contribution in [0, 0.1) is 46.3 Å². The first-order valence-corrected chi connectivity index (χ1v) is 17.9. The minimum Gasteiger partial charge on any atom is -0.393 e. The minimum absolute atomic E-state index is 0.00819. The van der Waals surface area contributed by atoms with Crippen LogP contribution in [0.5, 0.6) is 0 Å². The van der Waals surface area contributed by atoms with Gasteiger partial charge in [-0.3, -0.25) is 9.35 Å². The van der Waals surface area contributed by atoms with E-state index in [9.17, 15) is 39.9 Å². The maximum atomic E-state index is 13.0. The van der Waals surface area contributed by atoms with Crippen molar-refractivity contribution >= 4 is 26.0 Å². The highest BCUT2D eigenvalue weighted by molar-refractivity contribution is 7.90. The highest BCUT2D eigenvalue weighted by Gasteiger charge is 2.63. The van der Waals surface area contributed by atoms with E-state index in [1.807, 2.05) is 4.72 Å². The van der Waals surface area contributed by atoms with Gasteiger partial charge in [0.25, 0.3) is 10.1 Å². The molecule has 1 unspecified atom stereocenters. The van der Waals surface area contributed by atoms with E-state index in [2.05, 4.69) is 26.1 Å². The van der Waals surface area contributed by atoms with Crippen molar-refractivity contribution in [3.05, 3.63) is 0 Å². The van der Waals surface area contributed by atoms with Gasteiger partial charge in [-0.05, 0) is 104 Å². The second-order valence-electron chi connectivity index (χ2n) is 13.7. The molecule has 0 bridgehead atoms. The molecule has 0 radical (unpaired) electrons. The Labute approximate surface area is 241 Å². The van der Waals surface area contributed by atoms with Crippen LogP contribution in [0.15, 0.2) is 0 Å². The number of aliphatic hydroxyl groups is 1. The highest BCUT2D eigenvalue weighted by Crippen LogP contribution is 2.68. The van der Waals surface area contributed by atoms with Gasteiger partial charge in [0.05, 0.1) is 11.9 Å². The van der Waals surface area contributed by atoms with Crippen molar-refractivity contribution in [1.29, 1.82) is 0 Å².